The van der Waals surface area contributed by atoms with Gasteiger partial charge in [0.05, 0.1) is 12.1 Å². The first kappa shape index (κ1) is 15.3. The molecular formula is C15H21ClN2O2. The smallest absolute Gasteiger partial charge is 0.241 e. The molecule has 2 N–H and O–H groups in total. The van der Waals surface area contributed by atoms with Crippen molar-refractivity contribution < 1.29 is 9.90 Å². The van der Waals surface area contributed by atoms with E-state index in [1.807, 2.05) is 13.8 Å². The molecule has 0 aliphatic carbocycles. The van der Waals surface area contributed by atoms with Crippen LogP contribution in [0.3, 0.4) is 0 Å². The normalized spacial score (nSPS) is 22.5. The van der Waals surface area contributed by atoms with Crippen molar-refractivity contribution in [1.29, 1.82) is 0 Å². The number of hydrogen-bond acceptors (Lipinski definition) is 3. The summed E-state index contributed by atoms with van der Waals surface area (Å²) < 4.78 is 0. The lowest BCUT2D eigenvalue weighted by Gasteiger charge is -2.24. The molecule has 1 aliphatic heterocycles. The maximum atomic E-state index is 12.2. The summed E-state index contributed by atoms with van der Waals surface area (Å²) in [7, 11) is 0. The number of rotatable bonds is 4. The zero-order valence-corrected chi connectivity index (χ0v) is 12.6. The minimum atomic E-state index is -0.313. The van der Waals surface area contributed by atoms with Crippen molar-refractivity contribution in [2.24, 2.45) is 5.92 Å². The third kappa shape index (κ3) is 3.72. The van der Waals surface area contributed by atoms with Gasteiger partial charge in [0.1, 0.15) is 0 Å². The maximum absolute atomic E-state index is 12.2. The van der Waals surface area contributed by atoms with Crippen LogP contribution >= 0.6 is 11.6 Å². The molecular weight excluding hydrogens is 276 g/mol. The highest BCUT2D eigenvalue weighted by Crippen LogP contribution is 2.22. The van der Waals surface area contributed by atoms with Crippen molar-refractivity contribution in [2.45, 2.75) is 32.4 Å². The number of aliphatic hydroxyl groups excluding tert-OH is 1. The van der Waals surface area contributed by atoms with Crippen LogP contribution in [0.15, 0.2) is 24.3 Å². The summed E-state index contributed by atoms with van der Waals surface area (Å²) in [5.74, 6) is 0.236. The average Bonchev–Trinajstić information content (AvgIpc) is 2.90. The van der Waals surface area contributed by atoms with Crippen molar-refractivity contribution in [2.75, 3.05) is 18.4 Å². The number of nitrogens with one attached hydrogen (secondary N) is 1. The fourth-order valence-corrected chi connectivity index (χ4v) is 2.63. The van der Waals surface area contributed by atoms with Gasteiger partial charge in [-0.25, -0.2) is 0 Å². The summed E-state index contributed by atoms with van der Waals surface area (Å²) in [5, 5.41) is 13.1. The molecule has 110 valence electrons. The molecule has 3 atom stereocenters. The molecule has 0 bridgehead atoms. The molecule has 20 heavy (non-hydrogen) atoms. The Labute approximate surface area is 124 Å². The Kier molecular flexibility index (Phi) is 5.02. The van der Waals surface area contributed by atoms with Crippen LogP contribution in [0, 0.1) is 5.92 Å². The highest BCUT2D eigenvalue weighted by Gasteiger charge is 2.31. The topological polar surface area (TPSA) is 52.6 Å². The number of nitrogens with zero attached hydrogens (tertiary/aromatic N) is 1. The maximum Gasteiger partial charge on any atom is 0.241 e. The summed E-state index contributed by atoms with van der Waals surface area (Å²) in [6.07, 6.45) is 0.627. The van der Waals surface area contributed by atoms with Crippen LogP contribution in [0.4, 0.5) is 5.69 Å². The van der Waals surface area contributed by atoms with Crippen LogP contribution in [-0.2, 0) is 4.79 Å². The van der Waals surface area contributed by atoms with E-state index in [9.17, 15) is 9.90 Å². The largest absolute Gasteiger partial charge is 0.393 e. The standard InChI is InChI=1S/C15H21ClN2O2/c1-10(18-8-7-12(9-18)11(2)19)15(20)17-14-5-3-13(16)4-6-14/h3-6,10-12,19H,7-9H2,1-2H3,(H,17,20). The first-order valence-electron chi connectivity index (χ1n) is 6.96. The molecule has 0 aromatic heterocycles. The third-order valence-electron chi connectivity index (χ3n) is 3.98. The van der Waals surface area contributed by atoms with Gasteiger partial charge in [-0.05, 0) is 57.0 Å². The van der Waals surface area contributed by atoms with Crippen molar-refractivity contribution in [1.82, 2.24) is 4.90 Å². The van der Waals surface area contributed by atoms with Crippen molar-refractivity contribution in [3.63, 3.8) is 0 Å². The zero-order valence-electron chi connectivity index (χ0n) is 11.8. The van der Waals surface area contributed by atoms with Gasteiger partial charge < -0.3 is 10.4 Å². The Bertz CT molecular complexity index is 461. The van der Waals surface area contributed by atoms with Crippen LogP contribution in [0.25, 0.3) is 0 Å². The van der Waals surface area contributed by atoms with Crippen LogP contribution in [-0.4, -0.2) is 41.1 Å². The van der Waals surface area contributed by atoms with Gasteiger partial charge in [0.2, 0.25) is 5.91 Å². The quantitative estimate of drug-likeness (QED) is 0.897. The van der Waals surface area contributed by atoms with Crippen LogP contribution in [0.5, 0.6) is 0 Å². The predicted octanol–water partition coefficient (Wildman–Crippen LogP) is 2.37. The Balaban J connectivity index is 1.91. The second-order valence-electron chi connectivity index (χ2n) is 5.46. The van der Waals surface area contributed by atoms with Crippen molar-refractivity contribution in [3.8, 4) is 0 Å². The van der Waals surface area contributed by atoms with E-state index in [-0.39, 0.29) is 24.0 Å². The third-order valence-corrected chi connectivity index (χ3v) is 4.23. The van der Waals surface area contributed by atoms with Gasteiger partial charge >= 0.3 is 0 Å². The van der Waals surface area contributed by atoms with E-state index in [2.05, 4.69) is 10.2 Å². The molecule has 3 unspecified atom stereocenters. The number of halogens is 1. The molecule has 1 fully saturated rings. The second kappa shape index (κ2) is 6.57. The Hall–Kier alpha value is -1.10. The van der Waals surface area contributed by atoms with Crippen LogP contribution < -0.4 is 5.32 Å². The second-order valence-corrected chi connectivity index (χ2v) is 5.89. The Morgan fingerprint density at radius 2 is 2.05 bits per heavy atom. The van der Waals surface area contributed by atoms with Gasteiger partial charge in [-0.1, -0.05) is 11.6 Å². The monoisotopic (exact) mass is 296 g/mol. The molecule has 1 heterocycles. The highest BCUT2D eigenvalue weighted by molar-refractivity contribution is 6.30. The average molecular weight is 297 g/mol. The fraction of sp³-hybridized carbons (Fsp3) is 0.533. The minimum Gasteiger partial charge on any atom is -0.393 e. The number of likely N-dealkylation sites (tertiary alicyclic amines) is 1. The number of carbonyl (C=O) groups is 1. The molecule has 1 aromatic rings. The minimum absolute atomic E-state index is 0.0291. The van der Waals surface area contributed by atoms with Gasteiger partial charge in [-0.15, -0.1) is 0 Å². The van der Waals surface area contributed by atoms with E-state index in [4.69, 9.17) is 11.6 Å². The first-order chi connectivity index (χ1) is 9.47. The number of hydrogen-bond donors (Lipinski definition) is 2. The van der Waals surface area contributed by atoms with Crippen molar-refractivity contribution in [3.05, 3.63) is 29.3 Å². The molecule has 2 rings (SSSR count). The molecule has 1 saturated heterocycles. The molecule has 1 amide bonds. The number of benzene rings is 1. The lowest BCUT2D eigenvalue weighted by Crippen LogP contribution is -2.41. The molecule has 0 spiro atoms. The van der Waals surface area contributed by atoms with E-state index in [1.165, 1.54) is 0 Å². The molecule has 5 heteroatoms. The summed E-state index contributed by atoms with van der Waals surface area (Å²) >= 11 is 5.82. The van der Waals surface area contributed by atoms with E-state index in [1.54, 1.807) is 24.3 Å². The molecule has 0 radical (unpaired) electrons. The van der Waals surface area contributed by atoms with E-state index < -0.39 is 0 Å². The SMILES string of the molecule is CC(O)C1CCN(C(C)C(=O)Nc2ccc(Cl)cc2)C1. The summed E-state index contributed by atoms with van der Waals surface area (Å²) in [4.78, 5) is 14.3. The van der Waals surface area contributed by atoms with Gasteiger partial charge in [0.15, 0.2) is 0 Å². The van der Waals surface area contributed by atoms with Gasteiger partial charge in [0, 0.05) is 17.3 Å². The van der Waals surface area contributed by atoms with Crippen LogP contribution in [0.2, 0.25) is 5.02 Å². The lowest BCUT2D eigenvalue weighted by molar-refractivity contribution is -0.120. The van der Waals surface area contributed by atoms with Crippen LogP contribution in [0.1, 0.15) is 20.3 Å². The summed E-state index contributed by atoms with van der Waals surface area (Å²) in [6, 6.07) is 6.88. The Morgan fingerprint density at radius 3 is 2.60 bits per heavy atom. The van der Waals surface area contributed by atoms with E-state index in [0.717, 1.165) is 25.2 Å². The number of anilines is 1. The Morgan fingerprint density at radius 1 is 1.40 bits per heavy atom. The summed E-state index contributed by atoms with van der Waals surface area (Å²) in [6.45, 7) is 5.33. The zero-order chi connectivity index (χ0) is 14.7. The molecule has 1 aliphatic rings. The fourth-order valence-electron chi connectivity index (χ4n) is 2.51. The van der Waals surface area contributed by atoms with Gasteiger partial charge in [-0.2, -0.15) is 0 Å². The van der Waals surface area contributed by atoms with E-state index in [0.29, 0.717) is 5.02 Å². The predicted molar refractivity (Wildman–Crippen MR) is 80.9 cm³/mol. The lowest BCUT2D eigenvalue weighted by atomic mass is 10.0. The first-order valence-corrected chi connectivity index (χ1v) is 7.33. The molecule has 0 saturated carbocycles. The highest BCUT2D eigenvalue weighted by atomic mass is 35.5. The van der Waals surface area contributed by atoms with Crippen molar-refractivity contribution >= 4 is 23.2 Å². The van der Waals surface area contributed by atoms with Gasteiger partial charge in [0.25, 0.3) is 0 Å². The summed E-state index contributed by atoms with van der Waals surface area (Å²) in [5.41, 5.74) is 0.748. The molecule has 4 nitrogen and oxygen atoms in total. The molecule has 1 aromatic carbocycles. The van der Waals surface area contributed by atoms with Gasteiger partial charge in [-0.3, -0.25) is 9.69 Å². The number of carbonyl (C=O) groups excluding carboxylic acids is 1. The number of aliphatic hydroxyl groups is 1. The number of amides is 1. The van der Waals surface area contributed by atoms with E-state index >= 15 is 0 Å².